The predicted octanol–water partition coefficient (Wildman–Crippen LogP) is 3.44. The van der Waals surface area contributed by atoms with Gasteiger partial charge >= 0.3 is 6.18 Å². The highest BCUT2D eigenvalue weighted by Crippen LogP contribution is 2.29. The van der Waals surface area contributed by atoms with Crippen LogP contribution in [0.1, 0.15) is 37.8 Å². The molecule has 0 bridgehead atoms. The lowest BCUT2D eigenvalue weighted by Crippen LogP contribution is -2.49. The van der Waals surface area contributed by atoms with E-state index in [-0.39, 0.29) is 11.9 Å². The standard InChI is InChI=1S/C17H23F3N2O/c1-3-16(23)22-9-8-15(12(2)11-22)21-10-13-4-6-14(7-5-13)17(18,19)20/h4-7,12,15,21H,3,8-11H2,1-2H3/t12-,15+/m0/s1. The number of amides is 1. The molecule has 1 aromatic rings. The number of alkyl halides is 3. The van der Waals surface area contributed by atoms with Crippen LogP contribution in [-0.2, 0) is 17.5 Å². The fourth-order valence-corrected chi connectivity index (χ4v) is 2.96. The smallest absolute Gasteiger partial charge is 0.342 e. The van der Waals surface area contributed by atoms with Crippen LogP contribution in [0.2, 0.25) is 0 Å². The van der Waals surface area contributed by atoms with E-state index in [1.807, 2.05) is 11.8 Å². The Labute approximate surface area is 134 Å². The summed E-state index contributed by atoms with van der Waals surface area (Å²) in [5.74, 6) is 0.506. The summed E-state index contributed by atoms with van der Waals surface area (Å²) in [6, 6.07) is 5.52. The molecule has 2 rings (SSSR count). The van der Waals surface area contributed by atoms with Crippen molar-refractivity contribution >= 4 is 5.91 Å². The number of piperidine rings is 1. The summed E-state index contributed by atoms with van der Waals surface area (Å²) in [6.07, 6.45) is -2.90. The van der Waals surface area contributed by atoms with Crippen LogP contribution < -0.4 is 5.32 Å². The number of nitrogens with one attached hydrogen (secondary N) is 1. The molecule has 1 N–H and O–H groups in total. The summed E-state index contributed by atoms with van der Waals surface area (Å²) in [4.78, 5) is 13.6. The zero-order chi connectivity index (χ0) is 17.0. The van der Waals surface area contributed by atoms with Crippen LogP contribution in [0.3, 0.4) is 0 Å². The van der Waals surface area contributed by atoms with Gasteiger partial charge in [-0.2, -0.15) is 13.2 Å². The molecule has 3 nitrogen and oxygen atoms in total. The van der Waals surface area contributed by atoms with Crippen molar-refractivity contribution < 1.29 is 18.0 Å². The van der Waals surface area contributed by atoms with Crippen molar-refractivity contribution in [2.75, 3.05) is 13.1 Å². The number of carbonyl (C=O) groups excluding carboxylic acids is 1. The Balaban J connectivity index is 1.86. The number of benzene rings is 1. The molecule has 1 aromatic carbocycles. The van der Waals surface area contributed by atoms with E-state index in [2.05, 4.69) is 12.2 Å². The maximum atomic E-state index is 12.5. The molecule has 1 aliphatic rings. The number of hydrogen-bond donors (Lipinski definition) is 1. The molecular weight excluding hydrogens is 305 g/mol. The Morgan fingerprint density at radius 3 is 2.48 bits per heavy atom. The first kappa shape index (κ1) is 17.8. The van der Waals surface area contributed by atoms with Crippen molar-refractivity contribution in [3.63, 3.8) is 0 Å². The monoisotopic (exact) mass is 328 g/mol. The molecule has 1 aliphatic heterocycles. The van der Waals surface area contributed by atoms with Gasteiger partial charge in [-0.05, 0) is 30.0 Å². The zero-order valence-corrected chi connectivity index (χ0v) is 13.5. The number of nitrogens with zero attached hydrogens (tertiary/aromatic N) is 1. The number of halogens is 3. The maximum Gasteiger partial charge on any atom is 0.416 e. The van der Waals surface area contributed by atoms with Crippen molar-refractivity contribution in [2.24, 2.45) is 5.92 Å². The van der Waals surface area contributed by atoms with Gasteiger partial charge in [0.2, 0.25) is 5.91 Å². The molecule has 23 heavy (non-hydrogen) atoms. The van der Waals surface area contributed by atoms with Crippen LogP contribution >= 0.6 is 0 Å². The minimum absolute atomic E-state index is 0.179. The van der Waals surface area contributed by atoms with Gasteiger partial charge in [-0.25, -0.2) is 0 Å². The summed E-state index contributed by atoms with van der Waals surface area (Å²) >= 11 is 0. The van der Waals surface area contributed by atoms with Crippen LogP contribution in [0.5, 0.6) is 0 Å². The summed E-state index contributed by atoms with van der Waals surface area (Å²) in [5.41, 5.74) is 0.207. The molecule has 128 valence electrons. The van der Waals surface area contributed by atoms with E-state index in [1.54, 1.807) is 0 Å². The van der Waals surface area contributed by atoms with Crippen molar-refractivity contribution in [3.8, 4) is 0 Å². The number of likely N-dealkylation sites (tertiary alicyclic amines) is 1. The lowest BCUT2D eigenvalue weighted by atomic mass is 9.93. The molecule has 1 saturated heterocycles. The van der Waals surface area contributed by atoms with Gasteiger partial charge in [0.05, 0.1) is 5.56 Å². The first-order valence-electron chi connectivity index (χ1n) is 7.98. The zero-order valence-electron chi connectivity index (χ0n) is 13.5. The molecular formula is C17H23F3N2O. The van der Waals surface area contributed by atoms with Gasteiger partial charge in [-0.15, -0.1) is 0 Å². The molecule has 1 amide bonds. The first-order chi connectivity index (χ1) is 10.8. The molecule has 0 spiro atoms. The summed E-state index contributed by atoms with van der Waals surface area (Å²) in [5, 5.41) is 3.40. The quantitative estimate of drug-likeness (QED) is 0.918. The molecule has 0 saturated carbocycles. The maximum absolute atomic E-state index is 12.5. The fourth-order valence-electron chi connectivity index (χ4n) is 2.96. The van der Waals surface area contributed by atoms with Gasteiger partial charge < -0.3 is 10.2 Å². The molecule has 0 radical (unpaired) electrons. The van der Waals surface area contributed by atoms with Gasteiger partial charge in [0.1, 0.15) is 0 Å². The lowest BCUT2D eigenvalue weighted by molar-refractivity contribution is -0.137. The van der Waals surface area contributed by atoms with Crippen molar-refractivity contribution in [2.45, 2.75) is 45.5 Å². The highest BCUT2D eigenvalue weighted by molar-refractivity contribution is 5.75. The Hall–Kier alpha value is -1.56. The number of hydrogen-bond acceptors (Lipinski definition) is 2. The van der Waals surface area contributed by atoms with Crippen LogP contribution in [0.15, 0.2) is 24.3 Å². The van der Waals surface area contributed by atoms with Gasteiger partial charge in [0.25, 0.3) is 0 Å². The SMILES string of the molecule is CCC(=O)N1CC[C@@H](NCc2ccc(C(F)(F)F)cc2)[C@@H](C)C1. The highest BCUT2D eigenvalue weighted by Gasteiger charge is 2.30. The second-order valence-electron chi connectivity index (χ2n) is 6.14. The molecule has 0 aromatic heterocycles. The van der Waals surface area contributed by atoms with E-state index in [0.29, 0.717) is 18.9 Å². The molecule has 0 aliphatic carbocycles. The fraction of sp³-hybridized carbons (Fsp3) is 0.588. The van der Waals surface area contributed by atoms with E-state index in [9.17, 15) is 18.0 Å². The predicted molar refractivity (Wildman–Crippen MR) is 82.7 cm³/mol. The van der Waals surface area contributed by atoms with Gasteiger partial charge in [-0.1, -0.05) is 26.0 Å². The van der Waals surface area contributed by atoms with Gasteiger partial charge in [-0.3, -0.25) is 4.79 Å². The highest BCUT2D eigenvalue weighted by atomic mass is 19.4. The Morgan fingerprint density at radius 2 is 1.96 bits per heavy atom. The second-order valence-corrected chi connectivity index (χ2v) is 6.14. The normalized spacial score (nSPS) is 22.2. The molecule has 2 atom stereocenters. The van der Waals surface area contributed by atoms with Crippen LogP contribution in [0.4, 0.5) is 13.2 Å². The third-order valence-electron chi connectivity index (χ3n) is 4.41. The Morgan fingerprint density at radius 1 is 1.30 bits per heavy atom. The van der Waals surface area contributed by atoms with Gasteiger partial charge in [0, 0.05) is 32.1 Å². The molecule has 6 heteroatoms. The Bertz CT molecular complexity index is 528. The summed E-state index contributed by atoms with van der Waals surface area (Å²) in [7, 11) is 0. The van der Waals surface area contributed by atoms with Crippen molar-refractivity contribution in [1.82, 2.24) is 10.2 Å². The largest absolute Gasteiger partial charge is 0.416 e. The number of rotatable bonds is 4. The van der Waals surface area contributed by atoms with E-state index in [4.69, 9.17) is 0 Å². The van der Waals surface area contributed by atoms with Crippen molar-refractivity contribution in [3.05, 3.63) is 35.4 Å². The van der Waals surface area contributed by atoms with E-state index < -0.39 is 11.7 Å². The van der Waals surface area contributed by atoms with Crippen LogP contribution in [0.25, 0.3) is 0 Å². The van der Waals surface area contributed by atoms with Crippen LogP contribution in [0, 0.1) is 5.92 Å². The topological polar surface area (TPSA) is 32.3 Å². The van der Waals surface area contributed by atoms with Crippen LogP contribution in [-0.4, -0.2) is 29.9 Å². The average molecular weight is 328 g/mol. The third kappa shape index (κ3) is 4.70. The molecule has 1 fully saturated rings. The second kappa shape index (κ2) is 7.34. The summed E-state index contributed by atoms with van der Waals surface area (Å²) in [6.45, 7) is 5.97. The summed E-state index contributed by atoms with van der Waals surface area (Å²) < 4.78 is 37.6. The molecule has 0 unspecified atom stereocenters. The minimum Gasteiger partial charge on any atom is -0.342 e. The molecule has 1 heterocycles. The third-order valence-corrected chi connectivity index (χ3v) is 4.41. The van der Waals surface area contributed by atoms with E-state index in [0.717, 1.165) is 37.2 Å². The lowest BCUT2D eigenvalue weighted by Gasteiger charge is -2.37. The van der Waals surface area contributed by atoms with E-state index >= 15 is 0 Å². The average Bonchev–Trinajstić information content (AvgIpc) is 2.52. The minimum atomic E-state index is -4.29. The van der Waals surface area contributed by atoms with Crippen molar-refractivity contribution in [1.29, 1.82) is 0 Å². The van der Waals surface area contributed by atoms with Gasteiger partial charge in [0.15, 0.2) is 0 Å². The first-order valence-corrected chi connectivity index (χ1v) is 7.98. The van der Waals surface area contributed by atoms with E-state index in [1.165, 1.54) is 12.1 Å². The number of carbonyl (C=O) groups is 1. The Kier molecular flexibility index (Phi) is 5.68.